The van der Waals surface area contributed by atoms with E-state index in [0.717, 1.165) is 19.0 Å². The summed E-state index contributed by atoms with van der Waals surface area (Å²) in [7, 11) is 0. The summed E-state index contributed by atoms with van der Waals surface area (Å²) >= 11 is 17.9. The number of halogens is 4. The van der Waals surface area contributed by atoms with Crippen LogP contribution in [0.1, 0.15) is 10.4 Å². The molecule has 0 spiro atoms. The number of carbonyl (C=O) groups is 1. The quantitative estimate of drug-likeness (QED) is 0.261. The molecule has 0 atom stereocenters. The molecule has 4 nitrogen and oxygen atoms in total. The van der Waals surface area contributed by atoms with Crippen molar-refractivity contribution in [1.29, 1.82) is 0 Å². The highest BCUT2D eigenvalue weighted by molar-refractivity contribution is 9.11. The van der Waals surface area contributed by atoms with Gasteiger partial charge in [-0.1, -0.05) is 49.5 Å². The molecule has 1 aliphatic heterocycles. The molecular weight excluding hydrogens is 585 g/mol. The van der Waals surface area contributed by atoms with Crippen molar-refractivity contribution in [3.05, 3.63) is 64.9 Å². The molecule has 0 aliphatic carbocycles. The number of phenols is 1. The number of aromatic hydroxyl groups is 1. The topological polar surface area (TPSA) is 58.9 Å². The molecule has 1 aliphatic rings. The van der Waals surface area contributed by atoms with Crippen LogP contribution in [-0.4, -0.2) is 17.0 Å². The predicted molar refractivity (Wildman–Crippen MR) is 119 cm³/mol. The zero-order valence-electron chi connectivity index (χ0n) is 13.1. The number of fused-ring (bicyclic) bond motifs is 1. The lowest BCUT2D eigenvalue weighted by Gasteiger charge is -2.03. The number of carbonyl (C=O) groups excluding carboxylic acids is 1. The second-order valence-electron chi connectivity index (χ2n) is 5.55. The number of esters is 1. The van der Waals surface area contributed by atoms with E-state index in [2.05, 4.69) is 52.8 Å². The third kappa shape index (κ3) is 3.61. The van der Waals surface area contributed by atoms with Crippen molar-refractivity contribution < 1.29 is 14.6 Å². The third-order valence-corrected chi connectivity index (χ3v) is 6.96. The second kappa shape index (κ2) is 7.33. The van der Waals surface area contributed by atoms with Crippen molar-refractivity contribution in [2.75, 3.05) is 0 Å². The van der Waals surface area contributed by atoms with Gasteiger partial charge in [0.05, 0.1) is 9.50 Å². The Morgan fingerprint density at radius 2 is 1.93 bits per heavy atom. The molecule has 0 saturated carbocycles. The molecule has 0 amide bonds. The fraction of sp³-hybridized carbons (Fsp3) is 0. The monoisotopic (exact) mass is 589 g/mol. The number of nitrogens with zero attached hydrogens (tertiary/aromatic N) is 1. The van der Waals surface area contributed by atoms with Crippen molar-refractivity contribution in [2.45, 2.75) is 0 Å². The van der Waals surface area contributed by atoms with Crippen LogP contribution in [0.15, 0.2) is 54.4 Å². The van der Waals surface area contributed by atoms with Crippen LogP contribution >= 0.6 is 70.7 Å². The normalized spacial score (nSPS) is 15.5. The van der Waals surface area contributed by atoms with E-state index in [4.69, 9.17) is 16.3 Å². The maximum absolute atomic E-state index is 12.3. The number of benzene rings is 2. The van der Waals surface area contributed by atoms with Crippen LogP contribution in [0.2, 0.25) is 5.02 Å². The summed E-state index contributed by atoms with van der Waals surface area (Å²) < 4.78 is 8.45. The van der Waals surface area contributed by atoms with Gasteiger partial charge in [-0.15, -0.1) is 11.3 Å². The van der Waals surface area contributed by atoms with E-state index in [1.54, 1.807) is 12.1 Å². The maximum Gasteiger partial charge on any atom is 0.363 e. The highest BCUT2D eigenvalue weighted by atomic mass is 79.9. The van der Waals surface area contributed by atoms with E-state index < -0.39 is 5.97 Å². The van der Waals surface area contributed by atoms with Gasteiger partial charge in [0.25, 0.3) is 0 Å². The standard InChI is InChI=1S/C18H7Br3ClNO3S/c19-8-1-2-10-13(6-8)27-16(14(10)22)17-23-12(18(25)26-17)4-7-3-9(20)5-11(21)15(7)24/h1-6,24H/b12-4+. The SMILES string of the molecule is O=C1OC(c2sc3cc(Br)ccc3c2Cl)=N/C1=C/c1cc(Br)cc(Br)c1O. The van der Waals surface area contributed by atoms with E-state index >= 15 is 0 Å². The first-order valence-electron chi connectivity index (χ1n) is 7.42. The van der Waals surface area contributed by atoms with Gasteiger partial charge in [0.1, 0.15) is 10.6 Å². The summed E-state index contributed by atoms with van der Waals surface area (Å²) in [5.41, 5.74) is 0.513. The number of aliphatic imine (C=N–C) groups is 1. The smallest absolute Gasteiger partial charge is 0.363 e. The minimum Gasteiger partial charge on any atom is -0.506 e. The Morgan fingerprint density at radius 1 is 1.15 bits per heavy atom. The molecule has 0 fully saturated rings. The molecule has 1 N–H and O–H groups in total. The lowest BCUT2D eigenvalue weighted by atomic mass is 10.1. The lowest BCUT2D eigenvalue weighted by molar-refractivity contribution is -0.129. The first-order valence-corrected chi connectivity index (χ1v) is 11.0. The van der Waals surface area contributed by atoms with E-state index in [-0.39, 0.29) is 17.3 Å². The molecule has 4 rings (SSSR count). The zero-order valence-corrected chi connectivity index (χ0v) is 19.4. The lowest BCUT2D eigenvalue weighted by Crippen LogP contribution is -2.04. The molecule has 0 unspecified atom stereocenters. The predicted octanol–water partition coefficient (Wildman–Crippen LogP) is 6.89. The van der Waals surface area contributed by atoms with Gasteiger partial charge in [0.15, 0.2) is 5.70 Å². The summed E-state index contributed by atoms with van der Waals surface area (Å²) in [6.45, 7) is 0. The Morgan fingerprint density at radius 3 is 2.70 bits per heavy atom. The van der Waals surface area contributed by atoms with E-state index in [1.807, 2.05) is 18.2 Å². The molecule has 0 saturated heterocycles. The van der Waals surface area contributed by atoms with Crippen molar-refractivity contribution >= 4 is 98.8 Å². The van der Waals surface area contributed by atoms with Gasteiger partial charge in [-0.2, -0.15) is 0 Å². The number of thiophene rings is 1. The van der Waals surface area contributed by atoms with Crippen LogP contribution in [0.3, 0.4) is 0 Å². The average Bonchev–Trinajstić information content (AvgIpc) is 3.12. The Bertz CT molecular complexity index is 1190. The van der Waals surface area contributed by atoms with Crippen molar-refractivity contribution in [1.82, 2.24) is 0 Å². The molecule has 3 aromatic rings. The molecular formula is C18H7Br3ClNO3S. The van der Waals surface area contributed by atoms with E-state index in [9.17, 15) is 9.90 Å². The fourth-order valence-electron chi connectivity index (χ4n) is 2.53. The third-order valence-electron chi connectivity index (χ3n) is 3.76. The van der Waals surface area contributed by atoms with Gasteiger partial charge in [0.2, 0.25) is 5.90 Å². The average molecular weight is 592 g/mol. The van der Waals surface area contributed by atoms with Crippen LogP contribution in [0.25, 0.3) is 16.2 Å². The molecule has 2 heterocycles. The number of hydrogen-bond acceptors (Lipinski definition) is 5. The highest BCUT2D eigenvalue weighted by Gasteiger charge is 2.28. The minimum atomic E-state index is -0.602. The Kier molecular flexibility index (Phi) is 5.20. The van der Waals surface area contributed by atoms with Gasteiger partial charge >= 0.3 is 5.97 Å². The molecule has 0 bridgehead atoms. The zero-order chi connectivity index (χ0) is 19.3. The number of rotatable bonds is 2. The minimum absolute atomic E-state index is 0.00638. The van der Waals surface area contributed by atoms with Crippen LogP contribution in [0.4, 0.5) is 0 Å². The number of cyclic esters (lactones) is 1. The van der Waals surface area contributed by atoms with E-state index in [0.29, 0.717) is 19.9 Å². The Balaban J connectivity index is 1.79. The molecule has 27 heavy (non-hydrogen) atoms. The van der Waals surface area contributed by atoms with Gasteiger partial charge in [-0.3, -0.25) is 0 Å². The van der Waals surface area contributed by atoms with E-state index in [1.165, 1.54) is 17.4 Å². The maximum atomic E-state index is 12.3. The van der Waals surface area contributed by atoms with Crippen LogP contribution in [0.5, 0.6) is 5.75 Å². The van der Waals surface area contributed by atoms with Gasteiger partial charge in [-0.05, 0) is 46.3 Å². The van der Waals surface area contributed by atoms with Gasteiger partial charge in [-0.25, -0.2) is 9.79 Å². The highest BCUT2D eigenvalue weighted by Crippen LogP contribution is 2.39. The first kappa shape index (κ1) is 19.1. The van der Waals surface area contributed by atoms with Crippen LogP contribution in [0, 0.1) is 0 Å². The van der Waals surface area contributed by atoms with Crippen LogP contribution < -0.4 is 0 Å². The summed E-state index contributed by atoms with van der Waals surface area (Å²) in [6, 6.07) is 9.12. The van der Waals surface area contributed by atoms with Crippen molar-refractivity contribution in [2.24, 2.45) is 4.99 Å². The van der Waals surface area contributed by atoms with Gasteiger partial charge in [0, 0.05) is 24.6 Å². The Labute approximate surface area is 187 Å². The number of phenolic OH excluding ortho intramolecular Hbond substituents is 1. The summed E-state index contributed by atoms with van der Waals surface area (Å²) in [5.74, 6) is -0.441. The molecule has 136 valence electrons. The van der Waals surface area contributed by atoms with Crippen LogP contribution in [-0.2, 0) is 9.53 Å². The molecule has 1 aromatic heterocycles. The summed E-state index contributed by atoms with van der Waals surface area (Å²) in [4.78, 5) is 17.1. The molecule has 9 heteroatoms. The summed E-state index contributed by atoms with van der Waals surface area (Å²) in [6.07, 6.45) is 1.47. The van der Waals surface area contributed by atoms with Crippen molar-refractivity contribution in [3.8, 4) is 5.75 Å². The molecule has 0 radical (unpaired) electrons. The Hall–Kier alpha value is -1.19. The summed E-state index contributed by atoms with van der Waals surface area (Å²) in [5, 5.41) is 11.5. The fourth-order valence-corrected chi connectivity index (χ4v) is 5.77. The largest absolute Gasteiger partial charge is 0.506 e. The molecule has 2 aromatic carbocycles. The first-order chi connectivity index (χ1) is 12.8. The van der Waals surface area contributed by atoms with Crippen molar-refractivity contribution in [3.63, 3.8) is 0 Å². The number of ether oxygens (including phenoxy) is 1. The van der Waals surface area contributed by atoms with Gasteiger partial charge < -0.3 is 9.84 Å². The second-order valence-corrected chi connectivity index (χ2v) is 9.66. The number of hydrogen-bond donors (Lipinski definition) is 1.